The average Bonchev–Trinajstić information content (AvgIpc) is 2.09. The maximum absolute atomic E-state index is 11.6. The molecule has 0 radical (unpaired) electrons. The smallest absolute Gasteiger partial charge is 0.310 e. The van der Waals surface area contributed by atoms with E-state index in [1.807, 2.05) is 20.8 Å². The van der Waals surface area contributed by atoms with E-state index in [0.717, 1.165) is 0 Å². The molecule has 1 aromatic carbocycles. The van der Waals surface area contributed by atoms with Gasteiger partial charge in [-0.25, -0.2) is 0 Å². The summed E-state index contributed by atoms with van der Waals surface area (Å²) in [4.78, 5) is 11.6. The highest BCUT2D eigenvalue weighted by atomic mass is 16.6. The number of ether oxygens (including phenoxy) is 1. The summed E-state index contributed by atoms with van der Waals surface area (Å²) in [6, 6.07) is 5.24. The molecular weight excluding hydrogens is 204 g/mol. The number of hydrogen-bond acceptors (Lipinski definition) is 4. The molecule has 0 atom stereocenters. The van der Waals surface area contributed by atoms with Crippen molar-refractivity contribution >= 4 is 17.3 Å². The van der Waals surface area contributed by atoms with Gasteiger partial charge in [-0.3, -0.25) is 4.79 Å². The second kappa shape index (κ2) is 4.43. The number of carbonyl (C=O) groups is 1. The van der Waals surface area contributed by atoms with E-state index in [-0.39, 0.29) is 12.4 Å². The maximum Gasteiger partial charge on any atom is 0.310 e. The number of para-hydroxylation sites is 1. The molecule has 0 fully saturated rings. The standard InChI is InChI=1S/C12H18N2O2/c1-12(2,3)16-10(15)7-8-5-4-6-9(13)11(8)14/h4-6H,7,13-14H2,1-3H3. The van der Waals surface area contributed by atoms with Crippen LogP contribution in [0.5, 0.6) is 0 Å². The van der Waals surface area contributed by atoms with E-state index >= 15 is 0 Å². The van der Waals surface area contributed by atoms with Crippen molar-refractivity contribution in [1.29, 1.82) is 0 Å². The Bertz CT molecular complexity index is 394. The predicted molar refractivity (Wildman–Crippen MR) is 64.8 cm³/mol. The first-order valence-electron chi connectivity index (χ1n) is 5.14. The van der Waals surface area contributed by atoms with Crippen molar-refractivity contribution in [3.8, 4) is 0 Å². The molecule has 4 nitrogen and oxygen atoms in total. The van der Waals surface area contributed by atoms with Crippen LogP contribution < -0.4 is 11.5 Å². The van der Waals surface area contributed by atoms with Crippen molar-refractivity contribution in [2.75, 3.05) is 11.5 Å². The van der Waals surface area contributed by atoms with E-state index in [2.05, 4.69) is 0 Å². The largest absolute Gasteiger partial charge is 0.460 e. The Kier molecular flexibility index (Phi) is 3.42. The van der Waals surface area contributed by atoms with Crippen LogP contribution in [0.15, 0.2) is 18.2 Å². The summed E-state index contributed by atoms with van der Waals surface area (Å²) in [5, 5.41) is 0. The van der Waals surface area contributed by atoms with Crippen molar-refractivity contribution < 1.29 is 9.53 Å². The summed E-state index contributed by atoms with van der Waals surface area (Å²) in [7, 11) is 0. The van der Waals surface area contributed by atoms with E-state index < -0.39 is 5.60 Å². The van der Waals surface area contributed by atoms with E-state index in [1.54, 1.807) is 18.2 Å². The summed E-state index contributed by atoms with van der Waals surface area (Å²) in [6.07, 6.45) is 0.147. The number of nitrogens with two attached hydrogens (primary N) is 2. The van der Waals surface area contributed by atoms with Crippen molar-refractivity contribution in [1.82, 2.24) is 0 Å². The summed E-state index contributed by atoms with van der Waals surface area (Å²) in [6.45, 7) is 5.48. The van der Waals surface area contributed by atoms with Crippen molar-refractivity contribution in [2.24, 2.45) is 0 Å². The lowest BCUT2D eigenvalue weighted by molar-refractivity contribution is -0.153. The van der Waals surface area contributed by atoms with E-state index in [9.17, 15) is 4.79 Å². The van der Waals surface area contributed by atoms with Gasteiger partial charge in [0.05, 0.1) is 17.8 Å². The monoisotopic (exact) mass is 222 g/mol. The molecule has 0 aliphatic carbocycles. The number of esters is 1. The van der Waals surface area contributed by atoms with Gasteiger partial charge in [-0.2, -0.15) is 0 Å². The Balaban J connectivity index is 2.74. The number of benzene rings is 1. The van der Waals surface area contributed by atoms with Crippen LogP contribution in [0, 0.1) is 0 Å². The minimum Gasteiger partial charge on any atom is -0.460 e. The third-order valence-electron chi connectivity index (χ3n) is 1.98. The first-order valence-corrected chi connectivity index (χ1v) is 5.14. The van der Waals surface area contributed by atoms with Crippen LogP contribution in [0.4, 0.5) is 11.4 Å². The number of anilines is 2. The fraction of sp³-hybridized carbons (Fsp3) is 0.417. The van der Waals surface area contributed by atoms with Crippen LogP contribution in [0.25, 0.3) is 0 Å². The third-order valence-corrected chi connectivity index (χ3v) is 1.98. The number of rotatable bonds is 2. The van der Waals surface area contributed by atoms with Gasteiger partial charge in [0.25, 0.3) is 0 Å². The summed E-state index contributed by atoms with van der Waals surface area (Å²) in [5.41, 5.74) is 12.6. The Morgan fingerprint density at radius 3 is 2.50 bits per heavy atom. The molecule has 16 heavy (non-hydrogen) atoms. The highest BCUT2D eigenvalue weighted by molar-refractivity contribution is 5.78. The first-order chi connectivity index (χ1) is 7.29. The van der Waals surface area contributed by atoms with E-state index in [4.69, 9.17) is 16.2 Å². The van der Waals surface area contributed by atoms with Crippen LogP contribution >= 0.6 is 0 Å². The van der Waals surface area contributed by atoms with E-state index in [1.165, 1.54) is 0 Å². The molecule has 0 aliphatic heterocycles. The van der Waals surface area contributed by atoms with Crippen LogP contribution in [0.2, 0.25) is 0 Å². The zero-order valence-corrected chi connectivity index (χ0v) is 9.91. The second-order valence-corrected chi connectivity index (χ2v) is 4.68. The Morgan fingerprint density at radius 1 is 1.31 bits per heavy atom. The molecule has 4 heteroatoms. The topological polar surface area (TPSA) is 78.3 Å². The quantitative estimate of drug-likeness (QED) is 0.590. The molecule has 1 aromatic rings. The molecule has 88 valence electrons. The molecule has 0 saturated carbocycles. The van der Waals surface area contributed by atoms with Gasteiger partial charge in [0, 0.05) is 0 Å². The molecule has 4 N–H and O–H groups in total. The Hall–Kier alpha value is -1.71. The van der Waals surface area contributed by atoms with Crippen LogP contribution in [0.3, 0.4) is 0 Å². The minimum absolute atomic E-state index is 0.147. The third kappa shape index (κ3) is 3.46. The van der Waals surface area contributed by atoms with E-state index in [0.29, 0.717) is 16.9 Å². The summed E-state index contributed by atoms with van der Waals surface area (Å²) < 4.78 is 5.20. The molecule has 0 amide bonds. The molecule has 0 aliphatic rings. The lowest BCUT2D eigenvalue weighted by atomic mass is 10.1. The fourth-order valence-corrected chi connectivity index (χ4v) is 1.32. The van der Waals surface area contributed by atoms with Gasteiger partial charge in [0.15, 0.2) is 0 Å². The molecule has 0 bridgehead atoms. The van der Waals surface area contributed by atoms with Gasteiger partial charge in [-0.15, -0.1) is 0 Å². The minimum atomic E-state index is -0.480. The predicted octanol–water partition coefficient (Wildman–Crippen LogP) is 1.74. The van der Waals surface area contributed by atoms with Crippen molar-refractivity contribution in [3.63, 3.8) is 0 Å². The van der Waals surface area contributed by atoms with Crippen LogP contribution in [0.1, 0.15) is 26.3 Å². The molecule has 0 spiro atoms. The SMILES string of the molecule is CC(C)(C)OC(=O)Cc1cccc(N)c1N. The molecule has 0 unspecified atom stereocenters. The first kappa shape index (κ1) is 12.4. The Labute approximate surface area is 95.6 Å². The van der Waals surface area contributed by atoms with Crippen molar-refractivity contribution in [2.45, 2.75) is 32.8 Å². The zero-order chi connectivity index (χ0) is 12.3. The van der Waals surface area contributed by atoms with Gasteiger partial charge in [0.2, 0.25) is 0 Å². The molecule has 0 heterocycles. The number of hydrogen-bond donors (Lipinski definition) is 2. The second-order valence-electron chi connectivity index (χ2n) is 4.68. The molecule has 1 rings (SSSR count). The lowest BCUT2D eigenvalue weighted by Crippen LogP contribution is -2.25. The lowest BCUT2D eigenvalue weighted by Gasteiger charge is -2.19. The maximum atomic E-state index is 11.6. The van der Waals surface area contributed by atoms with Crippen LogP contribution in [-0.4, -0.2) is 11.6 Å². The zero-order valence-electron chi connectivity index (χ0n) is 9.91. The molecule has 0 saturated heterocycles. The number of nitrogen functional groups attached to an aromatic ring is 2. The summed E-state index contributed by atoms with van der Waals surface area (Å²) >= 11 is 0. The molecule has 0 aromatic heterocycles. The Morgan fingerprint density at radius 2 is 1.94 bits per heavy atom. The van der Waals surface area contributed by atoms with Crippen molar-refractivity contribution in [3.05, 3.63) is 23.8 Å². The fourth-order valence-electron chi connectivity index (χ4n) is 1.32. The average molecular weight is 222 g/mol. The highest BCUT2D eigenvalue weighted by Gasteiger charge is 2.17. The van der Waals surface area contributed by atoms with Gasteiger partial charge in [-0.1, -0.05) is 12.1 Å². The van der Waals surface area contributed by atoms with Gasteiger partial charge < -0.3 is 16.2 Å². The van der Waals surface area contributed by atoms with Gasteiger partial charge >= 0.3 is 5.97 Å². The normalized spacial score (nSPS) is 11.2. The van der Waals surface area contributed by atoms with Gasteiger partial charge in [-0.05, 0) is 32.4 Å². The molecular formula is C12H18N2O2. The highest BCUT2D eigenvalue weighted by Crippen LogP contribution is 2.20. The number of carbonyl (C=O) groups excluding carboxylic acids is 1. The van der Waals surface area contributed by atoms with Gasteiger partial charge in [0.1, 0.15) is 5.60 Å². The summed E-state index contributed by atoms with van der Waals surface area (Å²) in [5.74, 6) is -0.301. The van der Waals surface area contributed by atoms with Crippen LogP contribution in [-0.2, 0) is 16.0 Å².